The van der Waals surface area contributed by atoms with Gasteiger partial charge in [0.2, 0.25) is 6.79 Å². The summed E-state index contributed by atoms with van der Waals surface area (Å²) in [5.41, 5.74) is 1.75. The first-order chi connectivity index (χ1) is 15.4. The number of benzene rings is 2. The third-order valence-electron chi connectivity index (χ3n) is 7.20. The molecular weight excluding hydrogens is 430 g/mol. The molecule has 0 bridgehead atoms. The van der Waals surface area contributed by atoms with E-state index in [1.807, 2.05) is 30.9 Å². The third kappa shape index (κ3) is 3.28. The van der Waals surface area contributed by atoms with Gasteiger partial charge in [-0.2, -0.15) is 0 Å². The lowest BCUT2D eigenvalue weighted by atomic mass is 9.71. The predicted molar refractivity (Wildman–Crippen MR) is 118 cm³/mol. The van der Waals surface area contributed by atoms with Crippen LogP contribution in [0.25, 0.3) is 0 Å². The quantitative estimate of drug-likeness (QED) is 0.662. The maximum Gasteiger partial charge on any atom is 0.254 e. The van der Waals surface area contributed by atoms with E-state index in [2.05, 4.69) is 6.07 Å². The molecule has 3 fully saturated rings. The van der Waals surface area contributed by atoms with Crippen LogP contribution in [-0.2, 0) is 9.47 Å². The van der Waals surface area contributed by atoms with Crippen LogP contribution in [-0.4, -0.2) is 48.2 Å². The van der Waals surface area contributed by atoms with Crippen molar-refractivity contribution < 1.29 is 23.7 Å². The zero-order valence-corrected chi connectivity index (χ0v) is 18.9. The predicted octanol–water partition coefficient (Wildman–Crippen LogP) is 4.61. The second-order valence-electron chi connectivity index (χ2n) is 9.56. The molecule has 0 unspecified atom stereocenters. The number of halogens is 1. The monoisotopic (exact) mass is 455 g/mol. The summed E-state index contributed by atoms with van der Waals surface area (Å²) in [6, 6.07) is 13.2. The molecule has 0 aromatic heterocycles. The van der Waals surface area contributed by atoms with Gasteiger partial charge in [0, 0.05) is 29.1 Å². The van der Waals surface area contributed by atoms with Gasteiger partial charge in [-0.3, -0.25) is 4.79 Å². The third-order valence-corrected chi connectivity index (χ3v) is 7.45. The van der Waals surface area contributed by atoms with Crippen LogP contribution in [0.2, 0.25) is 5.02 Å². The van der Waals surface area contributed by atoms with Gasteiger partial charge in [0.05, 0.1) is 12.2 Å². The summed E-state index contributed by atoms with van der Waals surface area (Å²) in [6.07, 6.45) is 1.72. The second kappa shape index (κ2) is 7.37. The molecular formula is C25H26ClNO5. The number of amides is 1. The lowest BCUT2D eigenvalue weighted by molar-refractivity contribution is -0.147. The molecule has 3 aliphatic heterocycles. The molecule has 1 saturated carbocycles. The van der Waals surface area contributed by atoms with Gasteiger partial charge in [-0.1, -0.05) is 17.7 Å². The Morgan fingerprint density at radius 1 is 1.06 bits per heavy atom. The standard InChI is InChI=1S/C25H26ClNO5/c1-25(2)31-20-12-16-9-10-27(24(28)14-3-6-17(26)7-4-14)22(16)21(23(20)32-25)15-5-8-18-19(11-15)30-13-29-18/h3-8,11,16,20-23H,9-10,12-13H2,1-2H3/t16-,20+,21+,22-,23+/m1/s1. The van der Waals surface area contributed by atoms with E-state index in [0.29, 0.717) is 16.5 Å². The average molecular weight is 456 g/mol. The largest absolute Gasteiger partial charge is 0.454 e. The smallest absolute Gasteiger partial charge is 0.254 e. The van der Waals surface area contributed by atoms with Gasteiger partial charge in [-0.05, 0) is 74.6 Å². The van der Waals surface area contributed by atoms with E-state index in [0.717, 1.165) is 36.4 Å². The Hall–Kier alpha value is -2.28. The fourth-order valence-electron chi connectivity index (χ4n) is 5.97. The molecule has 3 heterocycles. The molecule has 5 atom stereocenters. The summed E-state index contributed by atoms with van der Waals surface area (Å²) in [5, 5.41) is 0.623. The Kier molecular flexibility index (Phi) is 4.68. The van der Waals surface area contributed by atoms with Crippen molar-refractivity contribution in [3.8, 4) is 11.5 Å². The number of hydrogen-bond acceptors (Lipinski definition) is 5. The van der Waals surface area contributed by atoms with Crippen molar-refractivity contribution in [3.63, 3.8) is 0 Å². The number of ether oxygens (including phenoxy) is 4. The number of fused-ring (bicyclic) bond motifs is 3. The summed E-state index contributed by atoms with van der Waals surface area (Å²) < 4.78 is 23.9. The van der Waals surface area contributed by atoms with Crippen LogP contribution in [0.3, 0.4) is 0 Å². The Balaban J connectivity index is 1.40. The normalized spacial score (nSPS) is 32.0. The maximum atomic E-state index is 13.6. The van der Waals surface area contributed by atoms with Crippen molar-refractivity contribution in [1.82, 2.24) is 4.90 Å². The van der Waals surface area contributed by atoms with E-state index >= 15 is 0 Å². The highest BCUT2D eigenvalue weighted by molar-refractivity contribution is 6.30. The summed E-state index contributed by atoms with van der Waals surface area (Å²) in [5.74, 6) is 1.22. The fourth-order valence-corrected chi connectivity index (χ4v) is 6.09. The Bertz CT molecular complexity index is 1050. The molecule has 0 radical (unpaired) electrons. The highest BCUT2D eigenvalue weighted by Crippen LogP contribution is 2.52. The molecule has 32 heavy (non-hydrogen) atoms. The van der Waals surface area contributed by atoms with E-state index in [4.69, 9.17) is 30.5 Å². The zero-order valence-electron chi connectivity index (χ0n) is 18.1. The minimum atomic E-state index is -0.645. The van der Waals surface area contributed by atoms with Gasteiger partial charge in [0.25, 0.3) is 5.91 Å². The minimum Gasteiger partial charge on any atom is -0.454 e. The van der Waals surface area contributed by atoms with Crippen molar-refractivity contribution in [2.45, 2.75) is 56.6 Å². The molecule has 2 aromatic carbocycles. The molecule has 168 valence electrons. The first-order valence-electron chi connectivity index (χ1n) is 11.2. The molecule has 0 N–H and O–H groups in total. The van der Waals surface area contributed by atoms with Gasteiger partial charge < -0.3 is 23.8 Å². The van der Waals surface area contributed by atoms with Crippen molar-refractivity contribution in [3.05, 3.63) is 58.6 Å². The van der Waals surface area contributed by atoms with Gasteiger partial charge in [0.15, 0.2) is 17.3 Å². The SMILES string of the molecule is CC1(C)O[C@@H]2[C@@H](c3ccc4c(c3)OCO4)[C@H]3[C@H](CCN3C(=O)c3ccc(Cl)cc3)C[C@@H]2O1. The zero-order chi connectivity index (χ0) is 22.0. The summed E-state index contributed by atoms with van der Waals surface area (Å²) in [4.78, 5) is 15.6. The van der Waals surface area contributed by atoms with Crippen LogP contribution >= 0.6 is 11.6 Å². The van der Waals surface area contributed by atoms with E-state index in [1.165, 1.54) is 0 Å². The first kappa shape index (κ1) is 20.3. The molecule has 7 heteroatoms. The van der Waals surface area contributed by atoms with Crippen molar-refractivity contribution in [2.75, 3.05) is 13.3 Å². The minimum absolute atomic E-state index is 0.00672. The molecule has 4 aliphatic rings. The Morgan fingerprint density at radius 3 is 2.66 bits per heavy atom. The molecule has 6 rings (SSSR count). The summed E-state index contributed by atoms with van der Waals surface area (Å²) in [7, 11) is 0. The second-order valence-corrected chi connectivity index (χ2v) is 9.99. The molecule has 2 aromatic rings. The molecule has 1 aliphatic carbocycles. The Labute approximate surface area is 192 Å². The number of likely N-dealkylation sites (tertiary alicyclic amines) is 1. The van der Waals surface area contributed by atoms with E-state index in [9.17, 15) is 4.79 Å². The van der Waals surface area contributed by atoms with E-state index in [-0.39, 0.29) is 36.9 Å². The lowest BCUT2D eigenvalue weighted by Crippen LogP contribution is -2.52. The Morgan fingerprint density at radius 2 is 1.84 bits per heavy atom. The van der Waals surface area contributed by atoms with E-state index in [1.54, 1.807) is 24.3 Å². The van der Waals surface area contributed by atoms with Crippen LogP contribution in [0.5, 0.6) is 11.5 Å². The topological polar surface area (TPSA) is 57.2 Å². The number of nitrogens with zero attached hydrogens (tertiary/aromatic N) is 1. The van der Waals surface area contributed by atoms with Crippen molar-refractivity contribution in [2.24, 2.45) is 5.92 Å². The van der Waals surface area contributed by atoms with Crippen molar-refractivity contribution >= 4 is 17.5 Å². The summed E-state index contributed by atoms with van der Waals surface area (Å²) in [6.45, 7) is 4.89. The molecule has 6 nitrogen and oxygen atoms in total. The highest BCUT2D eigenvalue weighted by Gasteiger charge is 2.57. The van der Waals surface area contributed by atoms with Gasteiger partial charge in [-0.25, -0.2) is 0 Å². The van der Waals surface area contributed by atoms with E-state index < -0.39 is 5.79 Å². The van der Waals surface area contributed by atoms with Crippen LogP contribution < -0.4 is 9.47 Å². The maximum absolute atomic E-state index is 13.6. The van der Waals surface area contributed by atoms with Crippen LogP contribution in [0.4, 0.5) is 0 Å². The van der Waals surface area contributed by atoms with Gasteiger partial charge in [0.1, 0.15) is 0 Å². The fraction of sp³-hybridized carbons (Fsp3) is 0.480. The molecule has 1 amide bonds. The van der Waals surface area contributed by atoms with Crippen molar-refractivity contribution in [1.29, 1.82) is 0 Å². The van der Waals surface area contributed by atoms with Crippen LogP contribution in [0, 0.1) is 5.92 Å². The number of hydrogen-bond donors (Lipinski definition) is 0. The van der Waals surface area contributed by atoms with Crippen LogP contribution in [0.15, 0.2) is 42.5 Å². The number of carbonyl (C=O) groups is 1. The van der Waals surface area contributed by atoms with Crippen LogP contribution in [0.1, 0.15) is 48.5 Å². The summed E-state index contributed by atoms with van der Waals surface area (Å²) >= 11 is 6.05. The number of rotatable bonds is 2. The molecule has 2 saturated heterocycles. The molecule has 0 spiro atoms. The first-order valence-corrected chi connectivity index (χ1v) is 11.6. The highest BCUT2D eigenvalue weighted by atomic mass is 35.5. The van der Waals surface area contributed by atoms with Gasteiger partial charge in [-0.15, -0.1) is 0 Å². The number of carbonyl (C=O) groups excluding carboxylic acids is 1. The lowest BCUT2D eigenvalue weighted by Gasteiger charge is -2.43. The average Bonchev–Trinajstić information content (AvgIpc) is 3.47. The van der Waals surface area contributed by atoms with Gasteiger partial charge >= 0.3 is 0 Å².